The van der Waals surface area contributed by atoms with Crippen LogP contribution in [0.4, 0.5) is 21.0 Å². The number of alkyl carbamates (subject to hydrolysis) is 1. The number of fused-ring (bicyclic) bond motifs is 3. The average molecular weight is 928 g/mol. The molecule has 6 rings (SSSR count). The van der Waals surface area contributed by atoms with Gasteiger partial charge in [0.25, 0.3) is 5.69 Å². The molecule has 21 heteroatoms. The fourth-order valence-corrected chi connectivity index (χ4v) is 7.32. The molecule has 2 amide bonds. The first-order chi connectivity index (χ1) is 32.1. The summed E-state index contributed by atoms with van der Waals surface area (Å²) in [7, 11) is 0. The Labute approximate surface area is 382 Å². The maximum Gasteiger partial charge on any atom is 0.514 e. The highest BCUT2D eigenvalue weighted by molar-refractivity contribution is 5.92. The van der Waals surface area contributed by atoms with Crippen molar-refractivity contribution in [2.75, 3.05) is 25.1 Å². The van der Waals surface area contributed by atoms with Gasteiger partial charge < -0.3 is 53.3 Å². The Bertz CT molecular complexity index is 2470. The Morgan fingerprint density at radius 3 is 1.91 bits per heavy atom. The fourth-order valence-electron chi connectivity index (χ4n) is 7.32. The first kappa shape index (κ1) is 48.4. The third-order valence-electron chi connectivity index (χ3n) is 10.1. The van der Waals surface area contributed by atoms with E-state index in [4.69, 9.17) is 42.6 Å². The molecule has 1 aliphatic carbocycles. The topological polar surface area (TPSA) is 270 Å². The lowest BCUT2D eigenvalue weighted by atomic mass is 9.98. The molecule has 2 aliphatic rings. The van der Waals surface area contributed by atoms with Gasteiger partial charge in [0, 0.05) is 58.7 Å². The maximum absolute atomic E-state index is 13.5. The summed E-state index contributed by atoms with van der Waals surface area (Å²) in [4.78, 5) is 98.2. The van der Waals surface area contributed by atoms with E-state index in [0.717, 1.165) is 62.1 Å². The number of non-ortho nitro benzene ring substituents is 1. The minimum absolute atomic E-state index is 0.0381. The largest absolute Gasteiger partial charge is 0.514 e. The van der Waals surface area contributed by atoms with Gasteiger partial charge in [0.1, 0.15) is 37.4 Å². The van der Waals surface area contributed by atoms with Crippen LogP contribution in [0.25, 0.3) is 11.1 Å². The zero-order valence-electron chi connectivity index (χ0n) is 36.5. The monoisotopic (exact) mass is 927 g/mol. The molecule has 1 saturated heterocycles. The van der Waals surface area contributed by atoms with Gasteiger partial charge in [-0.25, -0.2) is 9.59 Å². The summed E-state index contributed by atoms with van der Waals surface area (Å²) in [5.74, 6) is -4.36. The van der Waals surface area contributed by atoms with E-state index in [-0.39, 0.29) is 53.9 Å². The van der Waals surface area contributed by atoms with E-state index >= 15 is 0 Å². The van der Waals surface area contributed by atoms with E-state index in [9.17, 15) is 43.7 Å². The lowest BCUT2D eigenvalue weighted by Crippen LogP contribution is -2.63. The fraction of sp³-hybridized carbons (Fsp3) is 0.326. The second-order valence-corrected chi connectivity index (χ2v) is 15.0. The number of carbonyl (C=O) groups excluding carboxylic acids is 7. The molecule has 4 aromatic carbocycles. The number of amides is 2. The highest BCUT2D eigenvalue weighted by atomic mass is 16.7. The minimum Gasteiger partial charge on any atom is -0.463 e. The average Bonchev–Trinajstić information content (AvgIpc) is 3.60. The molecule has 3 unspecified atom stereocenters. The van der Waals surface area contributed by atoms with Crippen molar-refractivity contribution in [3.8, 4) is 22.6 Å². The molecule has 0 saturated carbocycles. The van der Waals surface area contributed by atoms with Gasteiger partial charge >= 0.3 is 36.1 Å². The summed E-state index contributed by atoms with van der Waals surface area (Å²) in [6.07, 6.45) is -9.93. The normalized spacial score (nSPS) is 18.1. The summed E-state index contributed by atoms with van der Waals surface area (Å²) >= 11 is 0. The van der Waals surface area contributed by atoms with Crippen molar-refractivity contribution >= 4 is 53.4 Å². The summed E-state index contributed by atoms with van der Waals surface area (Å²) in [6.45, 7) is 3.20. The Morgan fingerprint density at radius 1 is 0.687 bits per heavy atom. The van der Waals surface area contributed by atoms with Gasteiger partial charge in [-0.05, 0) is 52.1 Å². The first-order valence-corrected chi connectivity index (χ1v) is 20.6. The summed E-state index contributed by atoms with van der Waals surface area (Å²) < 4.78 is 49.8. The number of anilines is 1. The Kier molecular flexibility index (Phi) is 16.0. The van der Waals surface area contributed by atoms with Crippen molar-refractivity contribution in [3.63, 3.8) is 0 Å². The van der Waals surface area contributed by atoms with Gasteiger partial charge in [-0.2, -0.15) is 0 Å². The molecular formula is C46H45N3O18. The number of hydrogen-bond donors (Lipinski definition) is 2. The van der Waals surface area contributed by atoms with Crippen LogP contribution in [0.1, 0.15) is 56.7 Å². The number of hydrogen-bond acceptors (Lipinski definition) is 18. The van der Waals surface area contributed by atoms with Crippen molar-refractivity contribution in [1.82, 2.24) is 5.32 Å². The number of nitrogens with zero attached hydrogens (tertiary/aromatic N) is 1. The third-order valence-corrected chi connectivity index (χ3v) is 10.1. The Balaban J connectivity index is 1.19. The lowest BCUT2D eigenvalue weighted by Gasteiger charge is -2.44. The highest BCUT2D eigenvalue weighted by Crippen LogP contribution is 2.44. The predicted octanol–water partition coefficient (Wildman–Crippen LogP) is 5.64. The molecule has 0 radical (unpaired) electrons. The van der Waals surface area contributed by atoms with Crippen molar-refractivity contribution in [3.05, 3.63) is 118 Å². The van der Waals surface area contributed by atoms with E-state index in [0.29, 0.717) is 0 Å². The molecule has 1 fully saturated rings. The van der Waals surface area contributed by atoms with E-state index in [1.165, 1.54) is 30.3 Å². The molecule has 0 aromatic heterocycles. The van der Waals surface area contributed by atoms with Gasteiger partial charge in [-0.1, -0.05) is 54.6 Å². The molecule has 0 spiro atoms. The molecule has 67 heavy (non-hydrogen) atoms. The van der Waals surface area contributed by atoms with Crippen LogP contribution in [-0.4, -0.2) is 97.4 Å². The van der Waals surface area contributed by atoms with Crippen LogP contribution >= 0.6 is 0 Å². The number of nitro benzene ring substituents is 1. The second-order valence-electron chi connectivity index (χ2n) is 15.0. The maximum atomic E-state index is 13.5. The number of nitrogens with one attached hydrogen (secondary N) is 2. The summed E-state index contributed by atoms with van der Waals surface area (Å²) in [5.41, 5.74) is 4.12. The number of benzene rings is 4. The first-order valence-electron chi connectivity index (χ1n) is 20.6. The highest BCUT2D eigenvalue weighted by Gasteiger charge is 2.53. The van der Waals surface area contributed by atoms with Crippen LogP contribution in [0.5, 0.6) is 11.5 Å². The van der Waals surface area contributed by atoms with Crippen molar-refractivity contribution in [1.29, 1.82) is 0 Å². The second kappa shape index (κ2) is 22.2. The van der Waals surface area contributed by atoms with Crippen molar-refractivity contribution in [2.45, 2.75) is 77.3 Å². The zero-order valence-corrected chi connectivity index (χ0v) is 36.5. The van der Waals surface area contributed by atoms with Crippen molar-refractivity contribution in [2.24, 2.45) is 0 Å². The van der Waals surface area contributed by atoms with E-state index in [1.54, 1.807) is 0 Å². The lowest BCUT2D eigenvalue weighted by molar-refractivity contribution is -0.384. The van der Waals surface area contributed by atoms with E-state index < -0.39 is 90.9 Å². The number of esters is 4. The van der Waals surface area contributed by atoms with Crippen LogP contribution in [-0.2, 0) is 63.7 Å². The minimum atomic E-state index is -1.69. The number of nitro groups is 1. The molecule has 4 aromatic rings. The van der Waals surface area contributed by atoms with E-state index in [2.05, 4.69) is 10.6 Å². The van der Waals surface area contributed by atoms with Crippen LogP contribution < -0.4 is 20.1 Å². The zero-order chi connectivity index (χ0) is 48.2. The number of carbonyl (C=O) groups is 7. The molecule has 352 valence electrons. The van der Waals surface area contributed by atoms with Gasteiger partial charge in [-0.15, -0.1) is 0 Å². The van der Waals surface area contributed by atoms with Gasteiger partial charge in [0.15, 0.2) is 12.2 Å². The summed E-state index contributed by atoms with van der Waals surface area (Å²) in [5, 5.41) is 16.2. The van der Waals surface area contributed by atoms with Crippen molar-refractivity contribution < 1.29 is 81.1 Å². The van der Waals surface area contributed by atoms with E-state index in [1.807, 2.05) is 48.5 Å². The SMILES string of the molecule is CC(=O)OC[C@H]1O[C@@H](Oc2ccc(COC(=O)Oc3ccc([N+](=O)[O-])cc3)cc2NC(=O)CCNC(=O)OCC2c3ccccc3-c3ccccc32)C(OC(C)=O)C(OC(C)=O)C1OC(C)=O. The van der Waals surface area contributed by atoms with Gasteiger partial charge in [0.2, 0.25) is 18.3 Å². The smallest absolute Gasteiger partial charge is 0.463 e. The molecule has 1 aliphatic heterocycles. The molecule has 2 N–H and O–H groups in total. The molecule has 0 bridgehead atoms. The van der Waals surface area contributed by atoms with Gasteiger partial charge in [0.05, 0.1) is 10.6 Å². The Hall–Kier alpha value is -8.07. The molecular weight excluding hydrogens is 883 g/mol. The molecule has 1 heterocycles. The quantitative estimate of drug-likeness (QED) is 0.0426. The third kappa shape index (κ3) is 13.0. The van der Waals surface area contributed by atoms with Gasteiger partial charge in [-0.3, -0.25) is 34.1 Å². The predicted molar refractivity (Wildman–Crippen MR) is 229 cm³/mol. The van der Waals surface area contributed by atoms with Crippen LogP contribution in [0.2, 0.25) is 0 Å². The number of rotatable bonds is 17. The van der Waals surface area contributed by atoms with Crippen LogP contribution in [0.15, 0.2) is 91.0 Å². The standard InChI is InChI=1S/C46H45N3O18/c1-25(50)59-24-39-41(62-26(2)51)42(63-27(3)52)43(64-28(4)53)44(67-39)66-38-18-13-29(22-61-46(56)65-31-16-14-30(15-17-31)49(57)58)21-37(38)48-40(54)19-20-47-45(55)60-23-36-34-11-7-5-9-32(34)33-10-6-8-12-35(33)36/h5-18,21,36,39,41-44H,19-20,22-24H2,1-4H3,(H,47,55)(H,48,54)/t39-,41?,42?,43?,44-/m1/s1. The number of ether oxygens (including phenoxy) is 9. The Morgan fingerprint density at radius 2 is 1.30 bits per heavy atom. The molecule has 21 nitrogen and oxygen atoms in total. The van der Waals surface area contributed by atoms with Crippen LogP contribution in [0, 0.1) is 10.1 Å². The van der Waals surface area contributed by atoms with Crippen LogP contribution in [0.3, 0.4) is 0 Å². The summed E-state index contributed by atoms with van der Waals surface area (Å²) in [6, 6.07) is 24.5. The molecule has 5 atom stereocenters.